The summed E-state index contributed by atoms with van der Waals surface area (Å²) < 4.78 is 35.6. The molecule has 1 aromatic heterocycles. The second-order valence-corrected chi connectivity index (χ2v) is 7.59. The highest BCUT2D eigenvalue weighted by Gasteiger charge is 2.14. The maximum atomic E-state index is 14.6. The fourth-order valence-electron chi connectivity index (χ4n) is 3.06. The molecular formula is C26H30FN5O5. The Bertz CT molecular complexity index is 1160. The molecule has 0 saturated carbocycles. The topological polar surface area (TPSA) is 107 Å². The number of carbonyl (C=O) groups excluding carboxylic acids is 1. The third-order valence-electron chi connectivity index (χ3n) is 4.94. The summed E-state index contributed by atoms with van der Waals surface area (Å²) in [5, 5.41) is 5.74. The zero-order chi connectivity index (χ0) is 26.5. The number of anilines is 5. The van der Waals surface area contributed by atoms with E-state index in [-0.39, 0.29) is 24.5 Å². The number of halogens is 1. The van der Waals surface area contributed by atoms with Crippen LogP contribution in [0.2, 0.25) is 0 Å². The zero-order valence-electron chi connectivity index (χ0n) is 20.8. The zero-order valence-corrected chi connectivity index (χ0v) is 20.8. The third kappa shape index (κ3) is 8.83. The first-order chi connectivity index (χ1) is 18.0. The first-order valence-electron chi connectivity index (χ1n) is 11.4. The lowest BCUT2D eigenvalue weighted by Gasteiger charge is -2.20. The number of carbonyl (C=O) groups is 1. The summed E-state index contributed by atoms with van der Waals surface area (Å²) in [6.45, 7) is 5.37. The highest BCUT2D eigenvalue weighted by molar-refractivity contribution is 5.99. The smallest absolute Gasteiger partial charge is 0.247 e. The van der Waals surface area contributed by atoms with Crippen molar-refractivity contribution in [2.75, 3.05) is 62.9 Å². The molecule has 0 aliphatic heterocycles. The van der Waals surface area contributed by atoms with Crippen molar-refractivity contribution in [3.8, 4) is 5.75 Å². The van der Waals surface area contributed by atoms with Crippen LogP contribution < -0.4 is 20.3 Å². The van der Waals surface area contributed by atoms with Crippen LogP contribution in [0.4, 0.5) is 33.2 Å². The van der Waals surface area contributed by atoms with Crippen molar-refractivity contribution < 1.29 is 28.1 Å². The summed E-state index contributed by atoms with van der Waals surface area (Å²) in [6.07, 6.45) is 2.27. The van der Waals surface area contributed by atoms with Gasteiger partial charge in [0, 0.05) is 31.2 Å². The molecule has 3 rings (SSSR count). The number of hydrogen-bond donors (Lipinski definition) is 2. The quantitative estimate of drug-likeness (QED) is 0.176. The highest BCUT2D eigenvalue weighted by Crippen LogP contribution is 2.28. The lowest BCUT2D eigenvalue weighted by atomic mass is 10.2. The van der Waals surface area contributed by atoms with Crippen LogP contribution in [0.1, 0.15) is 0 Å². The molecule has 0 bridgehead atoms. The van der Waals surface area contributed by atoms with E-state index in [0.29, 0.717) is 49.2 Å². The van der Waals surface area contributed by atoms with Crippen LogP contribution in [0, 0.1) is 5.82 Å². The average Bonchev–Trinajstić information content (AvgIpc) is 2.92. The van der Waals surface area contributed by atoms with Gasteiger partial charge in [0.15, 0.2) is 11.6 Å². The van der Waals surface area contributed by atoms with E-state index >= 15 is 0 Å². The van der Waals surface area contributed by atoms with Gasteiger partial charge in [-0.3, -0.25) is 4.79 Å². The molecule has 0 spiro atoms. The maximum absolute atomic E-state index is 14.6. The number of nitrogens with one attached hydrogen (secondary N) is 2. The van der Waals surface area contributed by atoms with Gasteiger partial charge in [-0.2, -0.15) is 4.98 Å². The van der Waals surface area contributed by atoms with Crippen molar-refractivity contribution >= 4 is 34.7 Å². The summed E-state index contributed by atoms with van der Waals surface area (Å²) in [4.78, 5) is 21.5. The molecule has 1 amide bonds. The summed E-state index contributed by atoms with van der Waals surface area (Å²) in [5.41, 5.74) is 1.87. The van der Waals surface area contributed by atoms with E-state index in [4.69, 9.17) is 18.9 Å². The van der Waals surface area contributed by atoms with E-state index in [1.807, 2.05) is 0 Å². The first-order valence-corrected chi connectivity index (χ1v) is 11.4. The Balaban J connectivity index is 1.56. The molecule has 0 fully saturated rings. The SMILES string of the molecule is C=CC(=O)Nc1cccc(N(C)c2nc(Nc3ccc(OCCOCOCCOC)cc3)ncc2F)c1. The Kier molecular flexibility index (Phi) is 10.8. The molecule has 10 nitrogen and oxygen atoms in total. The van der Waals surface area contributed by atoms with Crippen LogP contribution in [-0.4, -0.2) is 63.3 Å². The lowest BCUT2D eigenvalue weighted by Crippen LogP contribution is -2.15. The number of benzene rings is 2. The number of aromatic nitrogens is 2. The monoisotopic (exact) mass is 511 g/mol. The fourth-order valence-corrected chi connectivity index (χ4v) is 3.06. The summed E-state index contributed by atoms with van der Waals surface area (Å²) >= 11 is 0. The fraction of sp³-hybridized carbons (Fsp3) is 0.269. The van der Waals surface area contributed by atoms with Gasteiger partial charge < -0.3 is 34.5 Å². The van der Waals surface area contributed by atoms with Crippen molar-refractivity contribution in [2.45, 2.75) is 0 Å². The van der Waals surface area contributed by atoms with Gasteiger partial charge in [0.2, 0.25) is 11.9 Å². The van der Waals surface area contributed by atoms with E-state index in [1.54, 1.807) is 67.6 Å². The number of nitrogens with zero attached hydrogens (tertiary/aromatic N) is 3. The standard InChI is InChI=1S/C26H30FN5O5/c1-4-24(33)29-20-6-5-7-21(16-20)32(2)25-23(27)17-28-26(31-25)30-19-8-10-22(11-9-19)37-15-14-36-18-35-13-12-34-3/h4-11,16-17H,1,12-15,18H2,2-3H3,(H,29,33)(H,28,30,31). The largest absolute Gasteiger partial charge is 0.491 e. The van der Waals surface area contributed by atoms with E-state index in [2.05, 4.69) is 27.2 Å². The van der Waals surface area contributed by atoms with Crippen molar-refractivity contribution in [2.24, 2.45) is 0 Å². The molecule has 0 radical (unpaired) electrons. The van der Waals surface area contributed by atoms with Crippen molar-refractivity contribution in [3.05, 3.63) is 73.2 Å². The molecule has 1 heterocycles. The maximum Gasteiger partial charge on any atom is 0.247 e. The Morgan fingerprint density at radius 1 is 1.08 bits per heavy atom. The minimum Gasteiger partial charge on any atom is -0.491 e. The number of rotatable bonds is 15. The van der Waals surface area contributed by atoms with Gasteiger partial charge in [-0.25, -0.2) is 9.37 Å². The molecular weight excluding hydrogens is 481 g/mol. The van der Waals surface area contributed by atoms with Crippen LogP contribution in [0.5, 0.6) is 5.75 Å². The predicted molar refractivity (Wildman–Crippen MR) is 139 cm³/mol. The molecule has 37 heavy (non-hydrogen) atoms. The molecule has 0 unspecified atom stereocenters. The van der Waals surface area contributed by atoms with Gasteiger partial charge in [0.25, 0.3) is 0 Å². The molecule has 0 saturated heterocycles. The van der Waals surface area contributed by atoms with Gasteiger partial charge >= 0.3 is 0 Å². The van der Waals surface area contributed by atoms with E-state index in [0.717, 1.165) is 6.20 Å². The Labute approximate surface area is 215 Å². The summed E-state index contributed by atoms with van der Waals surface area (Å²) in [7, 11) is 3.28. The second-order valence-electron chi connectivity index (χ2n) is 7.59. The van der Waals surface area contributed by atoms with Gasteiger partial charge in [-0.15, -0.1) is 0 Å². The molecule has 2 N–H and O–H groups in total. The summed E-state index contributed by atoms with van der Waals surface area (Å²) in [6, 6.07) is 14.1. The van der Waals surface area contributed by atoms with Crippen molar-refractivity contribution in [1.29, 1.82) is 0 Å². The molecule has 11 heteroatoms. The molecule has 0 atom stereocenters. The normalized spacial score (nSPS) is 10.6. The molecule has 0 aliphatic carbocycles. The number of amides is 1. The molecule has 196 valence electrons. The van der Waals surface area contributed by atoms with Gasteiger partial charge in [0.05, 0.1) is 26.0 Å². The first kappa shape index (κ1) is 27.5. The predicted octanol–water partition coefficient (Wildman–Crippen LogP) is 4.27. The van der Waals surface area contributed by atoms with Crippen LogP contribution >= 0.6 is 0 Å². The van der Waals surface area contributed by atoms with Gasteiger partial charge in [0.1, 0.15) is 19.1 Å². The van der Waals surface area contributed by atoms with Crippen molar-refractivity contribution in [3.63, 3.8) is 0 Å². The Hall–Kier alpha value is -4.06. The Morgan fingerprint density at radius 2 is 1.84 bits per heavy atom. The summed E-state index contributed by atoms with van der Waals surface area (Å²) in [5.74, 6) is 0.0142. The van der Waals surface area contributed by atoms with Gasteiger partial charge in [-0.1, -0.05) is 12.6 Å². The Morgan fingerprint density at radius 3 is 2.57 bits per heavy atom. The van der Waals surface area contributed by atoms with Gasteiger partial charge in [-0.05, 0) is 48.5 Å². The second kappa shape index (κ2) is 14.5. The van der Waals surface area contributed by atoms with Crippen LogP contribution in [0.3, 0.4) is 0 Å². The van der Waals surface area contributed by atoms with Crippen LogP contribution in [-0.2, 0) is 19.0 Å². The van der Waals surface area contributed by atoms with E-state index in [1.165, 1.54) is 6.08 Å². The number of ether oxygens (including phenoxy) is 4. The third-order valence-corrected chi connectivity index (χ3v) is 4.94. The minimum atomic E-state index is -0.594. The van der Waals surface area contributed by atoms with Crippen LogP contribution in [0.25, 0.3) is 0 Å². The minimum absolute atomic E-state index is 0.0656. The van der Waals surface area contributed by atoms with Crippen molar-refractivity contribution in [1.82, 2.24) is 9.97 Å². The lowest BCUT2D eigenvalue weighted by molar-refractivity contribution is -0.111. The van der Waals surface area contributed by atoms with E-state index in [9.17, 15) is 9.18 Å². The molecule has 3 aromatic rings. The van der Waals surface area contributed by atoms with Crippen LogP contribution in [0.15, 0.2) is 67.4 Å². The number of hydrogen-bond acceptors (Lipinski definition) is 9. The van der Waals surface area contributed by atoms with E-state index < -0.39 is 5.82 Å². The highest BCUT2D eigenvalue weighted by atomic mass is 19.1. The number of methoxy groups -OCH3 is 1. The average molecular weight is 512 g/mol. The molecule has 2 aromatic carbocycles. The molecule has 0 aliphatic rings.